The smallest absolute Gasteiger partial charge is 0.420 e. The van der Waals surface area contributed by atoms with Crippen LogP contribution in [0.2, 0.25) is 0 Å². The first-order valence-corrected chi connectivity index (χ1v) is 10.9. The van der Waals surface area contributed by atoms with E-state index in [0.717, 1.165) is 17.0 Å². The number of piperazine rings is 1. The van der Waals surface area contributed by atoms with E-state index in [4.69, 9.17) is 0 Å². The maximum atomic E-state index is 14.4. The molecule has 4 rings (SSSR count). The van der Waals surface area contributed by atoms with Crippen molar-refractivity contribution in [2.24, 2.45) is 0 Å². The molecule has 13 heteroatoms. The van der Waals surface area contributed by atoms with Crippen molar-refractivity contribution < 1.29 is 31.1 Å². The third-order valence-corrected chi connectivity index (χ3v) is 6.36. The Bertz CT molecular complexity index is 1250. The van der Waals surface area contributed by atoms with E-state index < -0.39 is 33.3 Å². The van der Waals surface area contributed by atoms with Crippen LogP contribution >= 0.6 is 0 Å². The van der Waals surface area contributed by atoms with E-state index in [1.807, 2.05) is 4.90 Å². The zero-order chi connectivity index (χ0) is 22.6. The number of nitrogens with zero attached hydrogens (tertiary/aromatic N) is 5. The average molecular weight is 459 g/mol. The average Bonchev–Trinajstić information content (AvgIpc) is 3.11. The Kier molecular flexibility index (Phi) is 5.04. The highest BCUT2D eigenvalue weighted by Crippen LogP contribution is 2.38. The summed E-state index contributed by atoms with van der Waals surface area (Å²) in [4.78, 5) is 6.19. The lowest BCUT2D eigenvalue weighted by Gasteiger charge is -2.33. The number of phenolic OH excluding ortho intramolecular Hbond substituents is 1. The normalized spacial score (nSPS) is 16.2. The Balaban J connectivity index is 1.63. The number of fused-ring (bicyclic) bond motifs is 1. The molecule has 0 aliphatic carbocycles. The highest BCUT2D eigenvalue weighted by Gasteiger charge is 2.36. The van der Waals surface area contributed by atoms with E-state index in [2.05, 4.69) is 10.1 Å². The highest BCUT2D eigenvalue weighted by atomic mass is 32.2. The number of benzene rings is 1. The monoisotopic (exact) mass is 459 g/mol. The van der Waals surface area contributed by atoms with E-state index in [1.54, 1.807) is 6.07 Å². The molecule has 1 aromatic carbocycles. The fourth-order valence-corrected chi connectivity index (χ4v) is 4.25. The lowest BCUT2D eigenvalue weighted by molar-refractivity contribution is -0.139. The molecule has 3 aromatic rings. The van der Waals surface area contributed by atoms with Crippen LogP contribution in [-0.2, 0) is 16.2 Å². The highest BCUT2D eigenvalue weighted by molar-refractivity contribution is 7.88. The van der Waals surface area contributed by atoms with Gasteiger partial charge in [0.15, 0.2) is 11.6 Å². The first kappa shape index (κ1) is 21.3. The Morgan fingerprint density at radius 1 is 1.13 bits per heavy atom. The summed E-state index contributed by atoms with van der Waals surface area (Å²) in [6, 6.07) is 3.16. The Morgan fingerprint density at radius 2 is 1.81 bits per heavy atom. The van der Waals surface area contributed by atoms with Gasteiger partial charge in [0.05, 0.1) is 12.5 Å². The van der Waals surface area contributed by atoms with E-state index in [-0.39, 0.29) is 5.69 Å². The second kappa shape index (κ2) is 7.34. The molecule has 0 bridgehead atoms. The summed E-state index contributed by atoms with van der Waals surface area (Å²) in [6.45, 7) is 1.49. The van der Waals surface area contributed by atoms with Gasteiger partial charge in [-0.15, -0.1) is 0 Å². The quantitative estimate of drug-likeness (QED) is 0.605. The summed E-state index contributed by atoms with van der Waals surface area (Å²) in [5, 5.41) is 14.3. The largest absolute Gasteiger partial charge is 0.504 e. The second-order valence-electron chi connectivity index (χ2n) is 7.12. The maximum Gasteiger partial charge on any atom is 0.420 e. The van der Waals surface area contributed by atoms with Gasteiger partial charge in [-0.3, -0.25) is 0 Å². The summed E-state index contributed by atoms with van der Waals surface area (Å²) < 4.78 is 78.6. The van der Waals surface area contributed by atoms with Gasteiger partial charge >= 0.3 is 6.18 Å². The van der Waals surface area contributed by atoms with Gasteiger partial charge in [-0.05, 0) is 18.2 Å². The third kappa shape index (κ3) is 4.02. The lowest BCUT2D eigenvalue weighted by atomic mass is 10.1. The number of hydrogen-bond donors (Lipinski definition) is 1. The molecule has 1 aliphatic rings. The standard InChI is InChI=1S/C18H17F4N5O3S/c1-31(29,30)26-6-4-25(5-7-26)15-8-11-10-27(24-13(11)9-23-15)14-3-2-12(18(20,21)22)17(28)16(14)19/h2-3,8-10,28H,4-7H2,1H3. The van der Waals surface area contributed by atoms with E-state index >= 15 is 0 Å². The Labute approximate surface area is 174 Å². The van der Waals surface area contributed by atoms with Gasteiger partial charge in [-0.1, -0.05) is 0 Å². The van der Waals surface area contributed by atoms with Gasteiger partial charge in [0.2, 0.25) is 10.0 Å². The minimum Gasteiger partial charge on any atom is -0.504 e. The fourth-order valence-electron chi connectivity index (χ4n) is 3.42. The van der Waals surface area contributed by atoms with E-state index in [9.17, 15) is 31.1 Å². The van der Waals surface area contributed by atoms with Crippen molar-refractivity contribution in [3.63, 3.8) is 0 Å². The summed E-state index contributed by atoms with van der Waals surface area (Å²) in [5.41, 5.74) is -1.44. The SMILES string of the molecule is CS(=O)(=O)N1CCN(c2cc3cn(-c4ccc(C(F)(F)F)c(O)c4F)nc3cn2)CC1. The molecule has 0 amide bonds. The molecule has 2 aromatic heterocycles. The molecule has 0 saturated carbocycles. The molecule has 31 heavy (non-hydrogen) atoms. The summed E-state index contributed by atoms with van der Waals surface area (Å²) >= 11 is 0. The molecular weight excluding hydrogens is 442 g/mol. The van der Waals surface area contributed by atoms with Crippen LogP contribution in [0.3, 0.4) is 0 Å². The van der Waals surface area contributed by atoms with Crippen molar-refractivity contribution in [1.29, 1.82) is 0 Å². The summed E-state index contributed by atoms with van der Waals surface area (Å²) in [6.07, 6.45) is -0.887. The van der Waals surface area contributed by atoms with E-state index in [1.165, 1.54) is 16.7 Å². The number of pyridine rings is 1. The minimum atomic E-state index is -4.89. The van der Waals surface area contributed by atoms with Crippen molar-refractivity contribution in [3.8, 4) is 11.4 Å². The number of alkyl halides is 3. The van der Waals surface area contributed by atoms with Crippen LogP contribution in [0.15, 0.2) is 30.6 Å². The van der Waals surface area contributed by atoms with Crippen LogP contribution < -0.4 is 4.90 Å². The van der Waals surface area contributed by atoms with Gasteiger partial charge in [0.25, 0.3) is 0 Å². The second-order valence-corrected chi connectivity index (χ2v) is 9.10. The first-order chi connectivity index (χ1) is 14.4. The molecule has 0 spiro atoms. The van der Waals surface area contributed by atoms with Gasteiger partial charge in [-0.25, -0.2) is 22.5 Å². The van der Waals surface area contributed by atoms with Gasteiger partial charge < -0.3 is 10.0 Å². The van der Waals surface area contributed by atoms with Crippen LogP contribution in [0.5, 0.6) is 5.75 Å². The van der Waals surface area contributed by atoms with Crippen LogP contribution in [0.4, 0.5) is 23.4 Å². The summed E-state index contributed by atoms with van der Waals surface area (Å²) in [7, 11) is -3.27. The first-order valence-electron chi connectivity index (χ1n) is 9.09. The molecule has 8 nitrogen and oxygen atoms in total. The molecule has 0 atom stereocenters. The number of rotatable bonds is 3. The van der Waals surface area contributed by atoms with Gasteiger partial charge in [-0.2, -0.15) is 22.6 Å². The maximum absolute atomic E-state index is 14.4. The van der Waals surface area contributed by atoms with Crippen molar-refractivity contribution in [3.05, 3.63) is 42.0 Å². The topological polar surface area (TPSA) is 91.6 Å². The summed E-state index contributed by atoms with van der Waals surface area (Å²) in [5.74, 6) is -2.37. The molecule has 1 aliphatic heterocycles. The van der Waals surface area contributed by atoms with Crippen molar-refractivity contribution in [2.45, 2.75) is 6.18 Å². The Hall–Kier alpha value is -2.93. The zero-order valence-electron chi connectivity index (χ0n) is 16.1. The van der Waals surface area contributed by atoms with E-state index in [0.29, 0.717) is 49.0 Å². The molecule has 1 saturated heterocycles. The van der Waals surface area contributed by atoms with Gasteiger partial charge in [0.1, 0.15) is 22.6 Å². The van der Waals surface area contributed by atoms with Crippen molar-refractivity contribution >= 4 is 26.7 Å². The minimum absolute atomic E-state index is 0.313. The third-order valence-electron chi connectivity index (χ3n) is 5.06. The Morgan fingerprint density at radius 3 is 2.42 bits per heavy atom. The van der Waals surface area contributed by atoms with Crippen LogP contribution in [0, 0.1) is 5.82 Å². The number of phenols is 1. The lowest BCUT2D eigenvalue weighted by Crippen LogP contribution is -2.48. The number of anilines is 1. The molecule has 166 valence electrons. The molecule has 0 radical (unpaired) electrons. The number of aromatic hydroxyl groups is 1. The molecule has 3 heterocycles. The molecule has 0 unspecified atom stereocenters. The van der Waals surface area contributed by atoms with Crippen LogP contribution in [0.1, 0.15) is 5.56 Å². The molecular formula is C18H17F4N5O3S. The van der Waals surface area contributed by atoms with Crippen LogP contribution in [-0.4, -0.2) is 65.0 Å². The predicted molar refractivity (Wildman–Crippen MR) is 104 cm³/mol. The van der Waals surface area contributed by atoms with Crippen LogP contribution in [0.25, 0.3) is 16.6 Å². The van der Waals surface area contributed by atoms with Gasteiger partial charge in [0, 0.05) is 37.8 Å². The number of aromatic nitrogens is 3. The molecule has 1 fully saturated rings. The number of hydrogen-bond acceptors (Lipinski definition) is 6. The van der Waals surface area contributed by atoms with Crippen molar-refractivity contribution in [1.82, 2.24) is 19.1 Å². The fraction of sp³-hybridized carbons (Fsp3) is 0.333. The molecule has 1 N–H and O–H groups in total. The predicted octanol–water partition coefficient (Wildman–Crippen LogP) is 2.37. The number of halogens is 4. The number of sulfonamides is 1. The zero-order valence-corrected chi connectivity index (χ0v) is 17.0. The van der Waals surface area contributed by atoms with Crippen molar-refractivity contribution in [2.75, 3.05) is 37.3 Å².